The summed E-state index contributed by atoms with van der Waals surface area (Å²) < 4.78 is 7.44. The molecule has 0 amide bonds. The minimum atomic E-state index is 0.0851. The smallest absolute Gasteiger partial charge is 0.0892 e. The maximum Gasteiger partial charge on any atom is 0.0892 e. The van der Waals surface area contributed by atoms with Gasteiger partial charge in [0.1, 0.15) is 0 Å². The van der Waals surface area contributed by atoms with Gasteiger partial charge in [-0.3, -0.25) is 4.68 Å². The lowest BCUT2D eigenvalue weighted by molar-refractivity contribution is 0.0542. The summed E-state index contributed by atoms with van der Waals surface area (Å²) in [5, 5.41) is 4.52. The zero-order valence-corrected chi connectivity index (χ0v) is 9.22. The Morgan fingerprint density at radius 3 is 3.07 bits per heavy atom. The molecular formula is C11H19N3O. The zero-order chi connectivity index (χ0) is 10.7. The molecule has 1 aliphatic rings. The van der Waals surface area contributed by atoms with Crippen molar-refractivity contribution in [2.45, 2.75) is 38.3 Å². The second kappa shape index (κ2) is 4.77. The summed E-state index contributed by atoms with van der Waals surface area (Å²) in [6.07, 6.45) is 4.70. The molecule has 1 saturated carbocycles. The number of aromatic nitrogens is 2. The molecule has 2 rings (SSSR count). The van der Waals surface area contributed by atoms with Crippen LogP contribution in [-0.4, -0.2) is 29.0 Å². The summed E-state index contributed by atoms with van der Waals surface area (Å²) >= 11 is 0. The molecule has 1 aliphatic carbocycles. The molecule has 0 saturated heterocycles. The number of hydrogen-bond acceptors (Lipinski definition) is 3. The fraction of sp³-hybridized carbons (Fsp3) is 0.727. The molecule has 1 aromatic heterocycles. The van der Waals surface area contributed by atoms with Crippen LogP contribution in [0.2, 0.25) is 0 Å². The first kappa shape index (κ1) is 10.6. The average Bonchev–Trinajstić information content (AvgIpc) is 2.99. The van der Waals surface area contributed by atoms with Crippen molar-refractivity contribution < 1.29 is 4.74 Å². The zero-order valence-electron chi connectivity index (χ0n) is 9.22. The van der Waals surface area contributed by atoms with Crippen LogP contribution in [0.25, 0.3) is 0 Å². The first-order valence-electron chi connectivity index (χ1n) is 5.68. The van der Waals surface area contributed by atoms with E-state index in [1.54, 1.807) is 0 Å². The molecule has 0 spiro atoms. The van der Waals surface area contributed by atoms with E-state index in [0.717, 1.165) is 12.5 Å². The Morgan fingerprint density at radius 2 is 2.47 bits per heavy atom. The Morgan fingerprint density at radius 1 is 1.67 bits per heavy atom. The Bertz CT molecular complexity index is 307. The summed E-state index contributed by atoms with van der Waals surface area (Å²) in [5.41, 5.74) is 6.84. The van der Waals surface area contributed by atoms with Crippen LogP contribution in [-0.2, 0) is 11.3 Å². The van der Waals surface area contributed by atoms with Crippen LogP contribution in [0.4, 0.5) is 0 Å². The van der Waals surface area contributed by atoms with Gasteiger partial charge in [0.05, 0.1) is 18.3 Å². The maximum atomic E-state index is 5.62. The van der Waals surface area contributed by atoms with Crippen molar-refractivity contribution in [3.63, 3.8) is 0 Å². The molecule has 4 nitrogen and oxygen atoms in total. The van der Waals surface area contributed by atoms with Gasteiger partial charge in [0.15, 0.2) is 0 Å². The highest BCUT2D eigenvalue weighted by Gasteiger charge is 2.25. The molecular weight excluding hydrogens is 190 g/mol. The lowest BCUT2D eigenvalue weighted by Gasteiger charge is -2.14. The highest BCUT2D eigenvalue weighted by Crippen LogP contribution is 2.38. The molecule has 1 atom stereocenters. The van der Waals surface area contributed by atoms with E-state index in [-0.39, 0.29) is 6.10 Å². The maximum absolute atomic E-state index is 5.62. The Kier molecular flexibility index (Phi) is 3.38. The molecule has 15 heavy (non-hydrogen) atoms. The van der Waals surface area contributed by atoms with Crippen LogP contribution in [0.1, 0.15) is 31.4 Å². The second-order valence-electron chi connectivity index (χ2n) is 4.05. The van der Waals surface area contributed by atoms with Gasteiger partial charge in [0, 0.05) is 25.3 Å². The standard InChI is InChI=1S/C11H19N3O/c1-2-15-10(7-12)8-14-6-5-11(13-14)9-3-4-9/h5-6,9-10H,2-4,7-8,12H2,1H3. The van der Waals surface area contributed by atoms with E-state index in [0.29, 0.717) is 13.2 Å². The highest BCUT2D eigenvalue weighted by molar-refractivity contribution is 5.12. The largest absolute Gasteiger partial charge is 0.375 e. The van der Waals surface area contributed by atoms with E-state index < -0.39 is 0 Å². The first-order chi connectivity index (χ1) is 7.33. The number of nitrogens with zero attached hydrogens (tertiary/aromatic N) is 2. The van der Waals surface area contributed by atoms with E-state index in [2.05, 4.69) is 11.2 Å². The second-order valence-corrected chi connectivity index (χ2v) is 4.05. The summed E-state index contributed by atoms with van der Waals surface area (Å²) in [6.45, 7) is 4.00. The third-order valence-electron chi connectivity index (χ3n) is 2.71. The number of ether oxygens (including phenoxy) is 1. The molecule has 0 aliphatic heterocycles. The third kappa shape index (κ3) is 2.79. The summed E-state index contributed by atoms with van der Waals surface area (Å²) in [5.74, 6) is 0.717. The topological polar surface area (TPSA) is 53.1 Å². The summed E-state index contributed by atoms with van der Waals surface area (Å²) in [4.78, 5) is 0. The highest BCUT2D eigenvalue weighted by atomic mass is 16.5. The predicted octanol–water partition coefficient (Wildman–Crippen LogP) is 1.12. The molecule has 1 aromatic rings. The van der Waals surface area contributed by atoms with Crippen LogP contribution >= 0.6 is 0 Å². The predicted molar refractivity (Wildman–Crippen MR) is 58.7 cm³/mol. The van der Waals surface area contributed by atoms with E-state index in [4.69, 9.17) is 10.5 Å². The molecule has 1 fully saturated rings. The van der Waals surface area contributed by atoms with Crippen molar-refractivity contribution >= 4 is 0 Å². The Balaban J connectivity index is 1.90. The SMILES string of the molecule is CCOC(CN)Cn1ccc(C2CC2)n1. The molecule has 1 heterocycles. The van der Waals surface area contributed by atoms with Gasteiger partial charge in [-0.1, -0.05) is 0 Å². The van der Waals surface area contributed by atoms with Crippen molar-refractivity contribution in [1.82, 2.24) is 9.78 Å². The van der Waals surface area contributed by atoms with Crippen LogP contribution in [0, 0.1) is 0 Å². The monoisotopic (exact) mass is 209 g/mol. The number of hydrogen-bond donors (Lipinski definition) is 1. The van der Waals surface area contributed by atoms with E-state index >= 15 is 0 Å². The average molecular weight is 209 g/mol. The summed E-state index contributed by atoms with van der Waals surface area (Å²) in [7, 11) is 0. The first-order valence-corrected chi connectivity index (χ1v) is 5.68. The minimum Gasteiger partial charge on any atom is -0.375 e. The lowest BCUT2D eigenvalue weighted by Crippen LogP contribution is -2.29. The van der Waals surface area contributed by atoms with Crippen molar-refractivity contribution in [2.24, 2.45) is 5.73 Å². The van der Waals surface area contributed by atoms with Gasteiger partial charge < -0.3 is 10.5 Å². The normalized spacial score (nSPS) is 18.0. The fourth-order valence-electron chi connectivity index (χ4n) is 1.72. The van der Waals surface area contributed by atoms with Crippen LogP contribution in [0.5, 0.6) is 0 Å². The Labute approximate surface area is 90.4 Å². The van der Waals surface area contributed by atoms with Crippen molar-refractivity contribution in [3.05, 3.63) is 18.0 Å². The van der Waals surface area contributed by atoms with Gasteiger partial charge in [-0.15, -0.1) is 0 Å². The molecule has 84 valence electrons. The van der Waals surface area contributed by atoms with E-state index in [1.165, 1.54) is 18.5 Å². The molecule has 0 radical (unpaired) electrons. The van der Waals surface area contributed by atoms with Crippen molar-refractivity contribution in [2.75, 3.05) is 13.2 Å². The van der Waals surface area contributed by atoms with Gasteiger partial charge in [0.25, 0.3) is 0 Å². The molecule has 1 unspecified atom stereocenters. The fourth-order valence-corrected chi connectivity index (χ4v) is 1.72. The van der Waals surface area contributed by atoms with E-state index in [9.17, 15) is 0 Å². The van der Waals surface area contributed by atoms with Crippen LogP contribution in [0.15, 0.2) is 12.3 Å². The molecule has 2 N–H and O–H groups in total. The van der Waals surface area contributed by atoms with Gasteiger partial charge in [-0.05, 0) is 25.8 Å². The van der Waals surface area contributed by atoms with E-state index in [1.807, 2.05) is 17.8 Å². The van der Waals surface area contributed by atoms with Gasteiger partial charge in [0.2, 0.25) is 0 Å². The summed E-state index contributed by atoms with van der Waals surface area (Å²) in [6, 6.07) is 2.11. The molecule has 0 aromatic carbocycles. The number of nitrogens with two attached hydrogens (primary N) is 1. The Hall–Kier alpha value is -0.870. The van der Waals surface area contributed by atoms with Gasteiger partial charge in [-0.2, -0.15) is 5.10 Å². The quantitative estimate of drug-likeness (QED) is 0.764. The third-order valence-corrected chi connectivity index (χ3v) is 2.71. The van der Waals surface area contributed by atoms with Crippen molar-refractivity contribution in [1.29, 1.82) is 0 Å². The van der Waals surface area contributed by atoms with Gasteiger partial charge in [-0.25, -0.2) is 0 Å². The van der Waals surface area contributed by atoms with Crippen molar-refractivity contribution in [3.8, 4) is 0 Å². The minimum absolute atomic E-state index is 0.0851. The number of rotatable bonds is 6. The lowest BCUT2D eigenvalue weighted by atomic mass is 10.3. The van der Waals surface area contributed by atoms with Crippen LogP contribution < -0.4 is 5.73 Å². The van der Waals surface area contributed by atoms with Crippen LogP contribution in [0.3, 0.4) is 0 Å². The van der Waals surface area contributed by atoms with Gasteiger partial charge >= 0.3 is 0 Å². The molecule has 0 bridgehead atoms. The molecule has 4 heteroatoms.